The van der Waals surface area contributed by atoms with E-state index in [9.17, 15) is 19.5 Å². The summed E-state index contributed by atoms with van der Waals surface area (Å²) in [6.45, 7) is 15.1. The Morgan fingerprint density at radius 1 is 1.31 bits per heavy atom. The minimum Gasteiger partial charge on any atom is -0.461 e. The van der Waals surface area contributed by atoms with Crippen molar-refractivity contribution in [3.05, 3.63) is 54.6 Å². The van der Waals surface area contributed by atoms with Gasteiger partial charge in [0.05, 0.1) is 24.2 Å². The lowest BCUT2D eigenvalue weighted by Gasteiger charge is -2.41. The Morgan fingerprint density at radius 2 is 1.97 bits per heavy atom. The van der Waals surface area contributed by atoms with Crippen LogP contribution in [0.5, 0.6) is 0 Å². The Balaban J connectivity index is 1.89. The van der Waals surface area contributed by atoms with Gasteiger partial charge < -0.3 is 24.4 Å². The summed E-state index contributed by atoms with van der Waals surface area (Å²) in [5, 5.41) is 11.1. The Labute approximate surface area is 235 Å². The van der Waals surface area contributed by atoms with Crippen LogP contribution in [0.1, 0.15) is 40.5 Å². The highest BCUT2D eigenvalue weighted by molar-refractivity contribution is 6.30. The van der Waals surface area contributed by atoms with Crippen molar-refractivity contribution in [2.75, 3.05) is 24.7 Å². The number of hydrogen-bond acceptors (Lipinski definition) is 6. The highest BCUT2D eigenvalue weighted by Crippen LogP contribution is 2.66. The molecule has 3 unspecified atom stereocenters. The van der Waals surface area contributed by atoms with Crippen molar-refractivity contribution in [1.29, 1.82) is 0 Å². The minimum atomic E-state index is -1.26. The van der Waals surface area contributed by atoms with Gasteiger partial charge in [-0.2, -0.15) is 0 Å². The van der Waals surface area contributed by atoms with Crippen molar-refractivity contribution in [3.8, 4) is 0 Å². The molecule has 39 heavy (non-hydrogen) atoms. The summed E-state index contributed by atoms with van der Waals surface area (Å²) >= 11 is 6.12. The van der Waals surface area contributed by atoms with E-state index in [1.165, 1.54) is 11.0 Å². The molecule has 0 aliphatic carbocycles. The van der Waals surface area contributed by atoms with E-state index in [4.69, 9.17) is 21.1 Å². The monoisotopic (exact) mass is 558 g/mol. The van der Waals surface area contributed by atoms with E-state index in [0.29, 0.717) is 23.6 Å². The predicted molar refractivity (Wildman–Crippen MR) is 149 cm³/mol. The van der Waals surface area contributed by atoms with Crippen LogP contribution in [0.15, 0.2) is 49.6 Å². The van der Waals surface area contributed by atoms with Crippen LogP contribution in [-0.2, 0) is 23.9 Å². The van der Waals surface area contributed by atoms with E-state index in [1.54, 1.807) is 35.2 Å². The molecule has 8 nitrogen and oxygen atoms in total. The van der Waals surface area contributed by atoms with Crippen molar-refractivity contribution in [1.82, 2.24) is 4.90 Å². The van der Waals surface area contributed by atoms with Crippen LogP contribution in [0, 0.1) is 23.7 Å². The second-order valence-corrected chi connectivity index (χ2v) is 11.7. The first-order chi connectivity index (χ1) is 18.5. The van der Waals surface area contributed by atoms with Gasteiger partial charge in [-0.25, -0.2) is 0 Å². The normalized spacial score (nSPS) is 32.5. The van der Waals surface area contributed by atoms with Crippen molar-refractivity contribution in [2.45, 2.75) is 63.8 Å². The molecule has 3 saturated heterocycles. The maximum atomic E-state index is 14.7. The first-order valence-corrected chi connectivity index (χ1v) is 14.0. The highest BCUT2D eigenvalue weighted by Gasteiger charge is 2.81. The molecular formula is C30H39ClN2O6. The van der Waals surface area contributed by atoms with Crippen LogP contribution in [0.4, 0.5) is 5.69 Å². The fraction of sp³-hybridized carbons (Fsp3) is 0.567. The molecule has 9 heteroatoms. The fourth-order valence-electron chi connectivity index (χ4n) is 6.94. The van der Waals surface area contributed by atoms with Gasteiger partial charge in [0.2, 0.25) is 5.91 Å². The standard InChI is InChI=1S/C30H39ClN2O6/c1-7-14-32(21-12-10-20(31)11-13-21)27(36)25-30-16-19(5)29(6,39-30)24(28(37)38-15-8-2)23(30)26(35)33(25)22(17-34)18(4)9-3/h7-8,10-13,18-19,22-25,34H,1-2,9,14-17H2,3-6H3/t18-,19?,22-,23-,24-,25?,29+,30?/m0/s1. The van der Waals surface area contributed by atoms with Gasteiger partial charge in [0.15, 0.2) is 0 Å². The van der Waals surface area contributed by atoms with Crippen LogP contribution in [0.3, 0.4) is 0 Å². The number of hydrogen-bond donors (Lipinski definition) is 1. The number of benzene rings is 1. The average molecular weight is 559 g/mol. The summed E-state index contributed by atoms with van der Waals surface area (Å²) in [5.74, 6) is -3.30. The Morgan fingerprint density at radius 3 is 2.54 bits per heavy atom. The molecule has 4 rings (SSSR count). The van der Waals surface area contributed by atoms with Crippen molar-refractivity contribution in [2.24, 2.45) is 23.7 Å². The molecule has 0 radical (unpaired) electrons. The van der Waals surface area contributed by atoms with Gasteiger partial charge in [0, 0.05) is 17.3 Å². The lowest BCUT2D eigenvalue weighted by molar-refractivity contribution is -0.162. The highest BCUT2D eigenvalue weighted by atomic mass is 35.5. The molecule has 2 amide bonds. The smallest absolute Gasteiger partial charge is 0.313 e. The van der Waals surface area contributed by atoms with Crippen LogP contribution in [0.2, 0.25) is 5.02 Å². The van der Waals surface area contributed by atoms with Crippen LogP contribution in [-0.4, -0.2) is 70.8 Å². The Bertz CT molecular complexity index is 1140. The SMILES string of the molecule is C=CCOC(=O)[C@@H]1[C@H]2C(=O)N([C@@H](CO)[C@@H](C)CC)C(C(=O)N(CC=C)c3ccc(Cl)cc3)C23CC(C)[C@@]1(C)O3. The molecule has 1 aromatic carbocycles. The number of anilines is 1. The van der Waals surface area contributed by atoms with Gasteiger partial charge in [-0.3, -0.25) is 14.4 Å². The zero-order chi connectivity index (χ0) is 28.7. The summed E-state index contributed by atoms with van der Waals surface area (Å²) in [6, 6.07) is 5.18. The number of amides is 2. The largest absolute Gasteiger partial charge is 0.461 e. The number of ether oxygens (including phenoxy) is 2. The van der Waals surface area contributed by atoms with E-state index >= 15 is 0 Å². The number of aliphatic hydroxyl groups is 1. The van der Waals surface area contributed by atoms with Crippen LogP contribution >= 0.6 is 11.6 Å². The molecule has 1 N–H and O–H groups in total. The first-order valence-electron chi connectivity index (χ1n) is 13.6. The topological polar surface area (TPSA) is 96.4 Å². The maximum absolute atomic E-state index is 14.7. The van der Waals surface area contributed by atoms with E-state index in [0.717, 1.165) is 0 Å². The zero-order valence-corrected chi connectivity index (χ0v) is 23.9. The lowest BCUT2D eigenvalue weighted by atomic mass is 9.62. The molecule has 1 aromatic rings. The number of aliphatic hydroxyl groups excluding tert-OH is 1. The Hall–Kier alpha value is -2.68. The average Bonchev–Trinajstić information content (AvgIpc) is 3.43. The number of likely N-dealkylation sites (tertiary alicyclic amines) is 1. The molecule has 0 aromatic heterocycles. The third-order valence-electron chi connectivity index (χ3n) is 9.14. The van der Waals surface area contributed by atoms with Gasteiger partial charge >= 0.3 is 5.97 Å². The van der Waals surface area contributed by atoms with E-state index in [-0.39, 0.29) is 43.4 Å². The van der Waals surface area contributed by atoms with Gasteiger partial charge in [0.25, 0.3) is 5.91 Å². The third kappa shape index (κ3) is 4.50. The van der Waals surface area contributed by atoms with E-state index in [1.807, 2.05) is 27.7 Å². The van der Waals surface area contributed by atoms with E-state index in [2.05, 4.69) is 13.2 Å². The number of fused-ring (bicyclic) bond motifs is 1. The van der Waals surface area contributed by atoms with E-state index < -0.39 is 41.1 Å². The Kier molecular flexibility index (Phi) is 8.31. The number of nitrogens with zero attached hydrogens (tertiary/aromatic N) is 2. The lowest BCUT2D eigenvalue weighted by Crippen LogP contribution is -2.60. The minimum absolute atomic E-state index is 0.00952. The quantitative estimate of drug-likeness (QED) is 0.326. The predicted octanol–water partition coefficient (Wildman–Crippen LogP) is 4.01. The number of rotatable bonds is 11. The second kappa shape index (κ2) is 11.1. The third-order valence-corrected chi connectivity index (χ3v) is 9.40. The molecule has 212 valence electrons. The molecule has 8 atom stereocenters. The summed E-state index contributed by atoms with van der Waals surface area (Å²) in [6.07, 6.45) is 4.19. The second-order valence-electron chi connectivity index (χ2n) is 11.2. The number of halogens is 1. The number of esters is 1. The summed E-state index contributed by atoms with van der Waals surface area (Å²) < 4.78 is 12.2. The summed E-state index contributed by atoms with van der Waals surface area (Å²) in [4.78, 5) is 45.6. The van der Waals surface area contributed by atoms with Crippen LogP contribution in [0.25, 0.3) is 0 Å². The zero-order valence-electron chi connectivity index (χ0n) is 23.1. The molecule has 2 bridgehead atoms. The fourth-order valence-corrected chi connectivity index (χ4v) is 7.06. The van der Waals surface area contributed by atoms with Crippen molar-refractivity contribution >= 4 is 35.1 Å². The van der Waals surface area contributed by atoms with Gasteiger partial charge in [-0.05, 0) is 49.4 Å². The maximum Gasteiger partial charge on any atom is 0.313 e. The van der Waals surface area contributed by atoms with Crippen molar-refractivity contribution in [3.63, 3.8) is 0 Å². The molecular weight excluding hydrogens is 520 g/mol. The molecule has 3 heterocycles. The molecule has 3 fully saturated rings. The van der Waals surface area contributed by atoms with Crippen molar-refractivity contribution < 1.29 is 29.0 Å². The molecule has 0 saturated carbocycles. The van der Waals surface area contributed by atoms with Gasteiger partial charge in [0.1, 0.15) is 24.2 Å². The van der Waals surface area contributed by atoms with Crippen LogP contribution < -0.4 is 4.90 Å². The van der Waals surface area contributed by atoms with Gasteiger partial charge in [-0.15, -0.1) is 6.58 Å². The number of carbonyl (C=O) groups excluding carboxylic acids is 3. The number of carbonyl (C=O) groups is 3. The summed E-state index contributed by atoms with van der Waals surface area (Å²) in [7, 11) is 0. The van der Waals surface area contributed by atoms with Gasteiger partial charge in [-0.1, -0.05) is 57.5 Å². The summed E-state index contributed by atoms with van der Waals surface area (Å²) in [5.41, 5.74) is -1.65. The molecule has 3 aliphatic rings. The molecule has 1 spiro atoms. The molecule has 3 aliphatic heterocycles. The first kappa shape index (κ1) is 29.3.